The van der Waals surface area contributed by atoms with Crippen LogP contribution in [0, 0.1) is 5.92 Å². The molecule has 1 saturated heterocycles. The average molecular weight is 301 g/mol. The summed E-state index contributed by atoms with van der Waals surface area (Å²) < 4.78 is 10.2. The number of hydrogen-bond donors (Lipinski definition) is 0. The number of methoxy groups -OCH3 is 1. The molecule has 0 radical (unpaired) electrons. The molecule has 2 heterocycles. The standard InChI is InChI=1S/C15H15N3O4/c1-21-14(20)11-8-13(19)18(9-11)15-17-16-12(22-15)7-10-5-3-2-4-6-10/h2-6,11H,7-9H2,1H3. The Morgan fingerprint density at radius 1 is 1.36 bits per heavy atom. The van der Waals surface area contributed by atoms with Gasteiger partial charge in [0.2, 0.25) is 11.8 Å². The predicted octanol–water partition coefficient (Wildman–Crippen LogP) is 1.19. The van der Waals surface area contributed by atoms with Crippen LogP contribution < -0.4 is 4.90 Å². The number of aromatic nitrogens is 2. The highest BCUT2D eigenvalue weighted by Gasteiger charge is 2.38. The molecule has 1 fully saturated rings. The summed E-state index contributed by atoms with van der Waals surface area (Å²) in [6.07, 6.45) is 0.597. The van der Waals surface area contributed by atoms with E-state index in [9.17, 15) is 9.59 Å². The number of carbonyl (C=O) groups is 2. The minimum atomic E-state index is -0.484. The van der Waals surface area contributed by atoms with Crippen LogP contribution in [0.3, 0.4) is 0 Å². The Hall–Kier alpha value is -2.70. The summed E-state index contributed by atoms with van der Waals surface area (Å²) in [6.45, 7) is 0.207. The van der Waals surface area contributed by atoms with Gasteiger partial charge in [-0.2, -0.15) is 0 Å². The van der Waals surface area contributed by atoms with Crippen molar-refractivity contribution in [2.24, 2.45) is 5.92 Å². The molecule has 0 aliphatic carbocycles. The second-order valence-corrected chi connectivity index (χ2v) is 5.07. The number of esters is 1. The Kier molecular flexibility index (Phi) is 3.86. The van der Waals surface area contributed by atoms with Gasteiger partial charge in [0.15, 0.2) is 0 Å². The van der Waals surface area contributed by atoms with Crippen molar-refractivity contribution in [2.75, 3.05) is 18.6 Å². The maximum Gasteiger partial charge on any atom is 0.325 e. The molecule has 1 unspecified atom stereocenters. The Morgan fingerprint density at radius 3 is 2.86 bits per heavy atom. The van der Waals surface area contributed by atoms with Gasteiger partial charge in [-0.1, -0.05) is 35.4 Å². The van der Waals surface area contributed by atoms with E-state index < -0.39 is 11.9 Å². The summed E-state index contributed by atoms with van der Waals surface area (Å²) in [5.41, 5.74) is 1.04. The topological polar surface area (TPSA) is 85.5 Å². The van der Waals surface area contributed by atoms with Crippen molar-refractivity contribution >= 4 is 17.9 Å². The van der Waals surface area contributed by atoms with E-state index in [0.717, 1.165) is 5.56 Å². The van der Waals surface area contributed by atoms with Gasteiger partial charge < -0.3 is 9.15 Å². The normalized spacial score (nSPS) is 17.8. The van der Waals surface area contributed by atoms with Crippen LogP contribution in [0.4, 0.5) is 6.01 Å². The minimum Gasteiger partial charge on any atom is -0.469 e. The molecular formula is C15H15N3O4. The Balaban J connectivity index is 1.71. The van der Waals surface area contributed by atoms with Crippen molar-refractivity contribution in [2.45, 2.75) is 12.8 Å². The van der Waals surface area contributed by atoms with Gasteiger partial charge >= 0.3 is 12.0 Å². The number of nitrogens with zero attached hydrogens (tertiary/aromatic N) is 3. The lowest BCUT2D eigenvalue weighted by atomic mass is 10.1. The maximum absolute atomic E-state index is 12.0. The third-order valence-corrected chi connectivity index (χ3v) is 3.54. The summed E-state index contributed by atoms with van der Waals surface area (Å²) in [7, 11) is 1.31. The molecule has 114 valence electrons. The van der Waals surface area contributed by atoms with Crippen molar-refractivity contribution in [3.8, 4) is 0 Å². The predicted molar refractivity (Wildman–Crippen MR) is 76.0 cm³/mol. The lowest BCUT2D eigenvalue weighted by Gasteiger charge is -2.09. The molecule has 0 bridgehead atoms. The third kappa shape index (κ3) is 2.83. The molecule has 1 amide bonds. The van der Waals surface area contributed by atoms with Crippen molar-refractivity contribution < 1.29 is 18.7 Å². The molecule has 22 heavy (non-hydrogen) atoms. The van der Waals surface area contributed by atoms with E-state index >= 15 is 0 Å². The van der Waals surface area contributed by atoms with Crippen LogP contribution in [0.1, 0.15) is 17.9 Å². The van der Waals surface area contributed by atoms with Crippen LogP contribution in [0.25, 0.3) is 0 Å². The van der Waals surface area contributed by atoms with Crippen LogP contribution in [-0.4, -0.2) is 35.7 Å². The number of benzene rings is 1. The van der Waals surface area contributed by atoms with Gasteiger partial charge in [0, 0.05) is 13.0 Å². The fourth-order valence-corrected chi connectivity index (χ4v) is 2.41. The molecule has 1 aromatic carbocycles. The minimum absolute atomic E-state index is 0.100. The summed E-state index contributed by atoms with van der Waals surface area (Å²) in [4.78, 5) is 24.8. The molecule has 3 rings (SSSR count). The average Bonchev–Trinajstić information content (AvgIpc) is 3.14. The SMILES string of the molecule is COC(=O)C1CC(=O)N(c2nnc(Cc3ccccc3)o2)C1. The van der Waals surface area contributed by atoms with Crippen LogP contribution in [0.15, 0.2) is 34.7 Å². The fourth-order valence-electron chi connectivity index (χ4n) is 2.41. The van der Waals surface area contributed by atoms with Crippen molar-refractivity contribution in [1.82, 2.24) is 10.2 Å². The smallest absolute Gasteiger partial charge is 0.325 e. The number of anilines is 1. The number of rotatable bonds is 4. The van der Waals surface area contributed by atoms with E-state index in [2.05, 4.69) is 14.9 Å². The van der Waals surface area contributed by atoms with E-state index in [1.54, 1.807) is 0 Å². The van der Waals surface area contributed by atoms with E-state index in [1.165, 1.54) is 12.0 Å². The highest BCUT2D eigenvalue weighted by atomic mass is 16.5. The first-order valence-electron chi connectivity index (χ1n) is 6.92. The lowest BCUT2D eigenvalue weighted by Crippen LogP contribution is -2.26. The van der Waals surface area contributed by atoms with E-state index in [-0.39, 0.29) is 24.9 Å². The van der Waals surface area contributed by atoms with Gasteiger partial charge in [0.25, 0.3) is 0 Å². The molecule has 7 nitrogen and oxygen atoms in total. The Labute approximate surface area is 126 Å². The van der Waals surface area contributed by atoms with Crippen molar-refractivity contribution in [3.05, 3.63) is 41.8 Å². The van der Waals surface area contributed by atoms with Crippen molar-refractivity contribution in [1.29, 1.82) is 0 Å². The van der Waals surface area contributed by atoms with Gasteiger partial charge in [0.05, 0.1) is 19.4 Å². The summed E-state index contributed by atoms with van der Waals surface area (Å²) in [5, 5.41) is 7.85. The zero-order valence-corrected chi connectivity index (χ0v) is 12.1. The Morgan fingerprint density at radius 2 is 2.14 bits per heavy atom. The van der Waals surface area contributed by atoms with Gasteiger partial charge in [-0.25, -0.2) is 0 Å². The molecule has 1 aliphatic rings. The fraction of sp³-hybridized carbons (Fsp3) is 0.333. The van der Waals surface area contributed by atoms with Crippen molar-refractivity contribution in [3.63, 3.8) is 0 Å². The number of ether oxygens (including phenoxy) is 1. The molecule has 0 N–H and O–H groups in total. The molecule has 0 spiro atoms. The molecule has 1 aromatic heterocycles. The third-order valence-electron chi connectivity index (χ3n) is 3.54. The van der Waals surface area contributed by atoms with E-state index in [4.69, 9.17) is 4.42 Å². The zero-order valence-electron chi connectivity index (χ0n) is 12.1. The second kappa shape index (κ2) is 5.97. The van der Waals surface area contributed by atoms with E-state index in [1.807, 2.05) is 30.3 Å². The Bertz CT molecular complexity index is 683. The first kappa shape index (κ1) is 14.2. The van der Waals surface area contributed by atoms with Crippen LogP contribution in [0.5, 0.6) is 0 Å². The molecule has 1 atom stereocenters. The second-order valence-electron chi connectivity index (χ2n) is 5.07. The van der Waals surface area contributed by atoms with Gasteiger partial charge in [-0.3, -0.25) is 14.5 Å². The highest BCUT2D eigenvalue weighted by Crippen LogP contribution is 2.25. The maximum atomic E-state index is 12.0. The quantitative estimate of drug-likeness (QED) is 0.788. The highest BCUT2D eigenvalue weighted by molar-refractivity contribution is 5.97. The van der Waals surface area contributed by atoms with Gasteiger partial charge in [-0.15, -0.1) is 5.10 Å². The molecule has 0 saturated carbocycles. The van der Waals surface area contributed by atoms with E-state index in [0.29, 0.717) is 12.3 Å². The lowest BCUT2D eigenvalue weighted by molar-refractivity contribution is -0.145. The number of hydrogen-bond acceptors (Lipinski definition) is 6. The molecule has 2 aromatic rings. The monoisotopic (exact) mass is 301 g/mol. The number of amides is 1. The van der Waals surface area contributed by atoms with Crippen LogP contribution in [-0.2, 0) is 20.7 Å². The summed E-state index contributed by atoms with van der Waals surface area (Å²) in [5.74, 6) is -0.678. The van der Waals surface area contributed by atoms with Crippen LogP contribution in [0.2, 0.25) is 0 Å². The summed E-state index contributed by atoms with van der Waals surface area (Å²) in [6, 6.07) is 9.83. The summed E-state index contributed by atoms with van der Waals surface area (Å²) >= 11 is 0. The number of carbonyl (C=O) groups excluding carboxylic acids is 2. The molecule has 1 aliphatic heterocycles. The van der Waals surface area contributed by atoms with Gasteiger partial charge in [-0.05, 0) is 5.56 Å². The first-order valence-corrected chi connectivity index (χ1v) is 6.92. The van der Waals surface area contributed by atoms with Gasteiger partial charge in [0.1, 0.15) is 0 Å². The largest absolute Gasteiger partial charge is 0.469 e. The zero-order chi connectivity index (χ0) is 15.5. The molecular weight excluding hydrogens is 286 g/mol. The van der Waals surface area contributed by atoms with Crippen LogP contribution >= 0.6 is 0 Å². The first-order chi connectivity index (χ1) is 10.7. The molecule has 7 heteroatoms.